The SMILES string of the molecule is O=C(NCc1cccnc1-n1cncn1)C1(c2ccc(F)cc2)CCC1. The largest absolute Gasteiger partial charge is 0.351 e. The maximum atomic E-state index is 13.2. The summed E-state index contributed by atoms with van der Waals surface area (Å²) in [5, 5.41) is 7.12. The molecule has 2 heterocycles. The number of pyridine rings is 1. The fraction of sp³-hybridized carbons (Fsp3) is 0.263. The van der Waals surface area contributed by atoms with Crippen LogP contribution in [0.15, 0.2) is 55.2 Å². The summed E-state index contributed by atoms with van der Waals surface area (Å²) in [6.45, 7) is 0.338. The molecule has 1 aliphatic carbocycles. The summed E-state index contributed by atoms with van der Waals surface area (Å²) in [7, 11) is 0. The van der Waals surface area contributed by atoms with Crippen molar-refractivity contribution in [3.8, 4) is 5.82 Å². The molecule has 0 aliphatic heterocycles. The minimum atomic E-state index is -0.566. The standard InChI is InChI=1S/C19H18FN5O/c20-16-6-4-15(5-7-16)19(8-2-9-19)18(26)23-11-14-3-1-10-22-17(14)25-13-21-12-24-25/h1,3-7,10,12-13H,2,8-9,11H2,(H,23,26). The normalized spacial score (nSPS) is 15.3. The smallest absolute Gasteiger partial charge is 0.230 e. The second kappa shape index (κ2) is 6.67. The van der Waals surface area contributed by atoms with Crippen LogP contribution in [0.25, 0.3) is 5.82 Å². The fourth-order valence-corrected chi connectivity index (χ4v) is 3.38. The van der Waals surface area contributed by atoms with Crippen molar-refractivity contribution in [2.45, 2.75) is 31.2 Å². The van der Waals surface area contributed by atoms with Crippen LogP contribution in [0.3, 0.4) is 0 Å². The second-order valence-electron chi connectivity index (χ2n) is 6.45. The van der Waals surface area contributed by atoms with E-state index >= 15 is 0 Å². The molecule has 2 aromatic heterocycles. The van der Waals surface area contributed by atoms with Crippen LogP contribution >= 0.6 is 0 Å². The molecular formula is C19H18FN5O. The summed E-state index contributed by atoms with van der Waals surface area (Å²) in [6.07, 6.45) is 7.21. The molecule has 0 saturated heterocycles. The maximum Gasteiger partial charge on any atom is 0.230 e. The average molecular weight is 351 g/mol. The third kappa shape index (κ3) is 2.85. The van der Waals surface area contributed by atoms with Crippen molar-refractivity contribution in [1.82, 2.24) is 25.1 Å². The lowest BCUT2D eigenvalue weighted by Crippen LogP contribution is -2.49. The topological polar surface area (TPSA) is 72.7 Å². The van der Waals surface area contributed by atoms with Crippen molar-refractivity contribution in [1.29, 1.82) is 0 Å². The Labute approximate surface area is 150 Å². The van der Waals surface area contributed by atoms with Crippen molar-refractivity contribution in [3.05, 3.63) is 72.2 Å². The van der Waals surface area contributed by atoms with E-state index in [-0.39, 0.29) is 11.7 Å². The van der Waals surface area contributed by atoms with Crippen molar-refractivity contribution >= 4 is 5.91 Å². The minimum Gasteiger partial charge on any atom is -0.351 e. The van der Waals surface area contributed by atoms with E-state index in [1.54, 1.807) is 29.3 Å². The Bertz CT molecular complexity index is 904. The van der Waals surface area contributed by atoms with Gasteiger partial charge in [-0.15, -0.1) is 0 Å². The molecule has 4 rings (SSSR count). The van der Waals surface area contributed by atoms with Crippen LogP contribution in [-0.4, -0.2) is 25.7 Å². The Kier molecular flexibility index (Phi) is 4.20. The lowest BCUT2D eigenvalue weighted by Gasteiger charge is -2.40. The Morgan fingerprint density at radius 3 is 2.69 bits per heavy atom. The first kappa shape index (κ1) is 16.4. The van der Waals surface area contributed by atoms with Gasteiger partial charge in [-0.1, -0.05) is 24.6 Å². The maximum absolute atomic E-state index is 13.2. The number of amides is 1. The van der Waals surface area contributed by atoms with Crippen LogP contribution < -0.4 is 5.32 Å². The van der Waals surface area contributed by atoms with E-state index < -0.39 is 5.41 Å². The summed E-state index contributed by atoms with van der Waals surface area (Å²) < 4.78 is 14.8. The number of rotatable bonds is 5. The van der Waals surface area contributed by atoms with Crippen LogP contribution in [0.4, 0.5) is 4.39 Å². The van der Waals surface area contributed by atoms with E-state index in [9.17, 15) is 9.18 Å². The van der Waals surface area contributed by atoms with E-state index in [2.05, 4.69) is 20.4 Å². The molecule has 7 heteroatoms. The van der Waals surface area contributed by atoms with Gasteiger partial charge in [-0.25, -0.2) is 19.0 Å². The van der Waals surface area contributed by atoms with Gasteiger partial charge in [-0.2, -0.15) is 5.10 Å². The summed E-state index contributed by atoms with van der Waals surface area (Å²) in [6, 6.07) is 9.95. The molecule has 1 aromatic carbocycles. The number of hydrogen-bond acceptors (Lipinski definition) is 4. The summed E-state index contributed by atoms with van der Waals surface area (Å²) in [4.78, 5) is 21.2. The van der Waals surface area contributed by atoms with E-state index in [4.69, 9.17) is 0 Å². The number of nitrogens with zero attached hydrogens (tertiary/aromatic N) is 4. The first-order chi connectivity index (χ1) is 12.7. The lowest BCUT2D eigenvalue weighted by molar-refractivity contribution is -0.130. The first-order valence-electron chi connectivity index (χ1n) is 8.52. The van der Waals surface area contributed by atoms with Gasteiger partial charge in [-0.3, -0.25) is 4.79 Å². The molecule has 0 unspecified atom stereocenters. The summed E-state index contributed by atoms with van der Waals surface area (Å²) in [5.74, 6) is 0.301. The third-order valence-electron chi connectivity index (χ3n) is 4.98. The predicted octanol–water partition coefficient (Wildman–Crippen LogP) is 2.54. The molecule has 0 radical (unpaired) electrons. The van der Waals surface area contributed by atoms with Crippen molar-refractivity contribution < 1.29 is 9.18 Å². The van der Waals surface area contributed by atoms with Crippen LogP contribution in [-0.2, 0) is 16.8 Å². The Morgan fingerprint density at radius 2 is 2.04 bits per heavy atom. The highest BCUT2D eigenvalue weighted by atomic mass is 19.1. The number of hydrogen-bond donors (Lipinski definition) is 1. The van der Waals surface area contributed by atoms with Crippen LogP contribution in [0.2, 0.25) is 0 Å². The van der Waals surface area contributed by atoms with E-state index in [1.165, 1.54) is 18.5 Å². The summed E-state index contributed by atoms with van der Waals surface area (Å²) in [5.41, 5.74) is 1.15. The number of carbonyl (C=O) groups excluding carboxylic acids is 1. The lowest BCUT2D eigenvalue weighted by atomic mass is 9.64. The van der Waals surface area contributed by atoms with Gasteiger partial charge >= 0.3 is 0 Å². The minimum absolute atomic E-state index is 0.0382. The zero-order chi connectivity index (χ0) is 18.0. The van der Waals surface area contributed by atoms with E-state index in [1.807, 2.05) is 12.1 Å². The van der Waals surface area contributed by atoms with Gasteiger partial charge in [0.2, 0.25) is 5.91 Å². The molecule has 1 aliphatic rings. The van der Waals surface area contributed by atoms with Crippen LogP contribution in [0, 0.1) is 5.82 Å². The quantitative estimate of drug-likeness (QED) is 0.767. The van der Waals surface area contributed by atoms with Gasteiger partial charge in [0, 0.05) is 18.3 Å². The average Bonchev–Trinajstić information content (AvgIpc) is 3.15. The molecule has 26 heavy (non-hydrogen) atoms. The van der Waals surface area contributed by atoms with Crippen molar-refractivity contribution in [2.75, 3.05) is 0 Å². The molecule has 0 atom stereocenters. The molecule has 1 amide bonds. The number of halogens is 1. The number of aromatic nitrogens is 4. The van der Waals surface area contributed by atoms with E-state index in [0.717, 1.165) is 30.4 Å². The Hall–Kier alpha value is -3.09. The van der Waals surface area contributed by atoms with Gasteiger partial charge in [0.15, 0.2) is 5.82 Å². The Balaban J connectivity index is 1.53. The number of benzene rings is 1. The van der Waals surface area contributed by atoms with Crippen molar-refractivity contribution in [2.24, 2.45) is 0 Å². The van der Waals surface area contributed by atoms with E-state index in [0.29, 0.717) is 12.4 Å². The predicted molar refractivity (Wildman–Crippen MR) is 92.9 cm³/mol. The molecule has 132 valence electrons. The first-order valence-corrected chi connectivity index (χ1v) is 8.52. The monoisotopic (exact) mass is 351 g/mol. The summed E-state index contributed by atoms with van der Waals surface area (Å²) >= 11 is 0. The fourth-order valence-electron chi connectivity index (χ4n) is 3.38. The number of carbonyl (C=O) groups is 1. The molecule has 0 bridgehead atoms. The van der Waals surface area contributed by atoms with Gasteiger partial charge in [-0.05, 0) is 36.6 Å². The van der Waals surface area contributed by atoms with Crippen LogP contribution in [0.5, 0.6) is 0 Å². The molecule has 0 spiro atoms. The second-order valence-corrected chi connectivity index (χ2v) is 6.45. The zero-order valence-electron chi connectivity index (χ0n) is 14.1. The number of nitrogens with one attached hydrogen (secondary N) is 1. The molecule has 3 aromatic rings. The van der Waals surface area contributed by atoms with Crippen molar-refractivity contribution in [3.63, 3.8) is 0 Å². The molecular weight excluding hydrogens is 333 g/mol. The molecule has 1 fully saturated rings. The highest BCUT2D eigenvalue weighted by Crippen LogP contribution is 2.44. The highest BCUT2D eigenvalue weighted by molar-refractivity contribution is 5.89. The Morgan fingerprint density at radius 1 is 1.23 bits per heavy atom. The van der Waals surface area contributed by atoms with Gasteiger partial charge < -0.3 is 5.32 Å². The zero-order valence-corrected chi connectivity index (χ0v) is 14.1. The van der Waals surface area contributed by atoms with Gasteiger partial charge in [0.05, 0.1) is 5.41 Å². The van der Waals surface area contributed by atoms with Gasteiger partial charge in [0.25, 0.3) is 0 Å². The highest BCUT2D eigenvalue weighted by Gasteiger charge is 2.45. The molecule has 1 N–H and O–H groups in total. The van der Waals surface area contributed by atoms with Gasteiger partial charge in [0.1, 0.15) is 18.5 Å². The third-order valence-corrected chi connectivity index (χ3v) is 4.98. The molecule has 6 nitrogen and oxygen atoms in total. The molecule has 1 saturated carbocycles. The van der Waals surface area contributed by atoms with Crippen LogP contribution in [0.1, 0.15) is 30.4 Å².